The Hall–Kier alpha value is -1.17. The molecule has 2 saturated heterocycles. The molecule has 0 radical (unpaired) electrons. The van der Waals surface area contributed by atoms with Gasteiger partial charge in [0.25, 0.3) is 0 Å². The second kappa shape index (κ2) is 8.24. The monoisotopic (exact) mass is 399 g/mol. The molecule has 2 atom stereocenters. The minimum Gasteiger partial charge on any atom is -0.550 e. The van der Waals surface area contributed by atoms with Crippen molar-refractivity contribution in [3.05, 3.63) is 0 Å². The summed E-state index contributed by atoms with van der Waals surface area (Å²) in [4.78, 5) is 46.4. The summed E-state index contributed by atoms with van der Waals surface area (Å²) < 4.78 is 32.6. The summed E-state index contributed by atoms with van der Waals surface area (Å²) in [5.41, 5.74) is 0. The SMILES string of the molecule is CC1(C)[C@H](C(=O)OCOC(=O)CCCC(=O)[O-])N2C(=O)C[C@H]2S1(=O)=O.[Na+]. The molecule has 26 heavy (non-hydrogen) atoms. The number of carboxylic acid groups (broad SMARTS) is 1. The molecule has 12 heteroatoms. The van der Waals surface area contributed by atoms with E-state index in [1.165, 1.54) is 13.8 Å². The first-order valence-electron chi connectivity index (χ1n) is 7.57. The van der Waals surface area contributed by atoms with Gasteiger partial charge in [-0.05, 0) is 26.7 Å². The summed E-state index contributed by atoms with van der Waals surface area (Å²) in [6, 6.07) is -1.31. The van der Waals surface area contributed by atoms with Crippen molar-refractivity contribution in [1.29, 1.82) is 0 Å². The second-order valence-electron chi connectivity index (χ2n) is 6.33. The van der Waals surface area contributed by atoms with Crippen LogP contribution in [0.5, 0.6) is 0 Å². The number of ether oxygens (including phenoxy) is 2. The molecule has 10 nitrogen and oxygen atoms in total. The molecule has 1 amide bonds. The van der Waals surface area contributed by atoms with Crippen molar-refractivity contribution in [3.8, 4) is 0 Å². The Labute approximate surface area is 172 Å². The number of amides is 1. The summed E-state index contributed by atoms with van der Waals surface area (Å²) in [5.74, 6) is -3.50. The van der Waals surface area contributed by atoms with Crippen LogP contribution in [0.1, 0.15) is 39.5 Å². The van der Waals surface area contributed by atoms with Gasteiger partial charge >= 0.3 is 41.5 Å². The van der Waals surface area contributed by atoms with Crippen LogP contribution in [0.3, 0.4) is 0 Å². The van der Waals surface area contributed by atoms with Crippen molar-refractivity contribution < 1.29 is 71.7 Å². The first-order valence-corrected chi connectivity index (χ1v) is 9.11. The van der Waals surface area contributed by atoms with Gasteiger partial charge in [0, 0.05) is 12.4 Å². The summed E-state index contributed by atoms with van der Waals surface area (Å²) in [6.45, 7) is 1.93. The predicted octanol–water partition coefficient (Wildman–Crippen LogP) is -4.91. The van der Waals surface area contributed by atoms with Crippen LogP contribution >= 0.6 is 0 Å². The zero-order chi connectivity index (χ0) is 19.0. The van der Waals surface area contributed by atoms with E-state index in [0.29, 0.717) is 0 Å². The Balaban J connectivity index is 0.00000338. The molecular weight excluding hydrogens is 381 g/mol. The molecule has 2 aliphatic heterocycles. The summed E-state index contributed by atoms with van der Waals surface area (Å²) >= 11 is 0. The van der Waals surface area contributed by atoms with Crippen LogP contribution in [0.2, 0.25) is 0 Å². The Kier molecular flexibility index (Phi) is 7.25. The zero-order valence-electron chi connectivity index (χ0n) is 14.7. The molecule has 0 spiro atoms. The van der Waals surface area contributed by atoms with E-state index in [1.807, 2.05) is 0 Å². The van der Waals surface area contributed by atoms with E-state index < -0.39 is 56.6 Å². The average Bonchev–Trinajstić information content (AvgIpc) is 2.60. The van der Waals surface area contributed by atoms with Crippen LogP contribution in [0, 0.1) is 0 Å². The van der Waals surface area contributed by atoms with Crippen molar-refractivity contribution in [2.24, 2.45) is 0 Å². The third-order valence-electron chi connectivity index (χ3n) is 4.38. The van der Waals surface area contributed by atoms with E-state index in [-0.39, 0.29) is 55.2 Å². The van der Waals surface area contributed by atoms with Gasteiger partial charge in [-0.3, -0.25) is 9.59 Å². The Bertz CT molecular complexity index is 718. The fourth-order valence-electron chi connectivity index (χ4n) is 2.89. The fourth-order valence-corrected chi connectivity index (χ4v) is 5.01. The summed E-state index contributed by atoms with van der Waals surface area (Å²) in [7, 11) is -3.72. The van der Waals surface area contributed by atoms with Gasteiger partial charge in [0.15, 0.2) is 9.84 Å². The topological polar surface area (TPSA) is 147 Å². The van der Waals surface area contributed by atoms with E-state index in [9.17, 15) is 32.7 Å². The third kappa shape index (κ3) is 4.05. The maximum absolute atomic E-state index is 12.4. The molecule has 0 aliphatic carbocycles. The van der Waals surface area contributed by atoms with E-state index >= 15 is 0 Å². The number of rotatable bonds is 7. The van der Waals surface area contributed by atoms with Gasteiger partial charge in [-0.2, -0.15) is 0 Å². The van der Waals surface area contributed by atoms with Gasteiger partial charge < -0.3 is 24.3 Å². The molecule has 0 aromatic heterocycles. The third-order valence-corrected chi connectivity index (χ3v) is 7.18. The van der Waals surface area contributed by atoms with Gasteiger partial charge in [0.05, 0.1) is 11.2 Å². The molecule has 0 N–H and O–H groups in total. The Morgan fingerprint density at radius 3 is 2.38 bits per heavy atom. The maximum Gasteiger partial charge on any atom is 1.00 e. The molecule has 0 unspecified atom stereocenters. The van der Waals surface area contributed by atoms with Gasteiger partial charge in [-0.25, -0.2) is 13.2 Å². The normalized spacial score (nSPS) is 24.7. The summed E-state index contributed by atoms with van der Waals surface area (Å²) in [5, 5.41) is 9.19. The smallest absolute Gasteiger partial charge is 0.550 e. The second-order valence-corrected chi connectivity index (χ2v) is 9.02. The van der Waals surface area contributed by atoms with E-state index in [2.05, 4.69) is 4.74 Å². The molecule has 2 fully saturated rings. The number of nitrogens with zero attached hydrogens (tertiary/aromatic N) is 1. The first-order chi connectivity index (χ1) is 11.5. The number of esters is 2. The number of carbonyl (C=O) groups is 4. The Morgan fingerprint density at radius 1 is 1.23 bits per heavy atom. The van der Waals surface area contributed by atoms with E-state index in [1.54, 1.807) is 0 Å². The molecular formula is C14H18NNaO9S. The van der Waals surface area contributed by atoms with Crippen LogP contribution < -0.4 is 34.7 Å². The zero-order valence-corrected chi connectivity index (χ0v) is 17.5. The Morgan fingerprint density at radius 2 is 1.85 bits per heavy atom. The van der Waals surface area contributed by atoms with E-state index in [4.69, 9.17) is 4.74 Å². The van der Waals surface area contributed by atoms with Crippen molar-refractivity contribution in [2.75, 3.05) is 6.79 Å². The van der Waals surface area contributed by atoms with Crippen molar-refractivity contribution in [1.82, 2.24) is 4.90 Å². The number of β-lactam (4-membered cyclic amide) rings is 1. The minimum absolute atomic E-state index is 0. The number of carbonyl (C=O) groups excluding carboxylic acids is 4. The maximum atomic E-state index is 12.4. The van der Waals surface area contributed by atoms with Crippen LogP contribution in [-0.4, -0.2) is 60.1 Å². The number of hydrogen-bond acceptors (Lipinski definition) is 9. The molecule has 2 rings (SSSR count). The number of carboxylic acids is 1. The first kappa shape index (κ1) is 22.9. The summed E-state index contributed by atoms with van der Waals surface area (Å²) in [6.07, 6.45) is -0.640. The number of sulfone groups is 1. The fraction of sp³-hybridized carbons (Fsp3) is 0.714. The van der Waals surface area contributed by atoms with Crippen LogP contribution in [0.15, 0.2) is 0 Å². The molecule has 2 heterocycles. The van der Waals surface area contributed by atoms with Crippen LogP contribution in [0.4, 0.5) is 0 Å². The molecule has 0 aromatic rings. The van der Waals surface area contributed by atoms with Gasteiger partial charge in [0.2, 0.25) is 12.7 Å². The average molecular weight is 399 g/mol. The van der Waals surface area contributed by atoms with Gasteiger partial charge in [-0.15, -0.1) is 0 Å². The van der Waals surface area contributed by atoms with Crippen molar-refractivity contribution in [2.45, 2.75) is 55.7 Å². The van der Waals surface area contributed by atoms with Crippen molar-refractivity contribution in [3.63, 3.8) is 0 Å². The quantitative estimate of drug-likeness (QED) is 0.178. The molecule has 2 aliphatic rings. The van der Waals surface area contributed by atoms with Crippen LogP contribution in [-0.2, 0) is 38.5 Å². The number of fused-ring (bicyclic) bond motifs is 1. The number of hydrogen-bond donors (Lipinski definition) is 0. The standard InChI is InChI=1S/C14H19NO9S.Na/c1-14(2)12(15-8(16)6-9(15)25(14,21)22)13(20)24-7-23-11(19)5-3-4-10(17)18;/h9,12H,3-7H2,1-2H3,(H,17,18);/q;+1/p-1/t9-,12+;/m1./s1. The number of aliphatic carboxylic acids is 1. The molecule has 0 bridgehead atoms. The molecule has 0 aromatic carbocycles. The predicted molar refractivity (Wildman–Crippen MR) is 77.9 cm³/mol. The van der Waals surface area contributed by atoms with Gasteiger partial charge in [-0.1, -0.05) is 0 Å². The minimum atomic E-state index is -3.72. The van der Waals surface area contributed by atoms with Crippen LogP contribution in [0.25, 0.3) is 0 Å². The van der Waals surface area contributed by atoms with E-state index in [0.717, 1.165) is 4.90 Å². The molecule has 0 saturated carbocycles. The van der Waals surface area contributed by atoms with Crippen molar-refractivity contribution >= 4 is 33.7 Å². The largest absolute Gasteiger partial charge is 1.00 e. The van der Waals surface area contributed by atoms with Gasteiger partial charge in [0.1, 0.15) is 11.4 Å². The molecule has 140 valence electrons.